The number of rotatable bonds is 9. The standard InChI is InChI=1S/C30H40O6Si/c1-29(2,3)37(8,9)36-24-15-20(10-11-23(24)32-4)22-14-19-12-13-30(22,18-19)28(31)21-16-25(33-5)27(35-7)26(17-21)34-6/h10-12,15-17,22H,13-14,18H2,1-9H3. The van der Waals surface area contributed by atoms with E-state index in [0.29, 0.717) is 29.2 Å². The van der Waals surface area contributed by atoms with Gasteiger partial charge in [0.05, 0.1) is 28.4 Å². The van der Waals surface area contributed by atoms with Crippen LogP contribution in [0, 0.1) is 5.41 Å². The van der Waals surface area contributed by atoms with Gasteiger partial charge in [0.25, 0.3) is 8.32 Å². The Kier molecular flexibility index (Phi) is 7.14. The van der Waals surface area contributed by atoms with E-state index in [1.807, 2.05) is 6.07 Å². The van der Waals surface area contributed by atoms with Gasteiger partial charge in [-0.25, -0.2) is 0 Å². The third-order valence-corrected chi connectivity index (χ3v) is 12.9. The van der Waals surface area contributed by atoms with Crippen LogP contribution in [-0.2, 0) is 0 Å². The highest BCUT2D eigenvalue weighted by Crippen LogP contribution is 2.61. The average Bonchev–Trinajstić information content (AvgIpc) is 3.46. The van der Waals surface area contributed by atoms with Crippen molar-refractivity contribution in [2.45, 2.75) is 64.1 Å². The van der Waals surface area contributed by atoms with E-state index < -0.39 is 13.7 Å². The van der Waals surface area contributed by atoms with Crippen molar-refractivity contribution in [1.82, 2.24) is 0 Å². The number of hydrogen-bond donors (Lipinski definition) is 0. The van der Waals surface area contributed by atoms with Crippen molar-refractivity contribution in [1.29, 1.82) is 0 Å². The molecule has 6 nitrogen and oxygen atoms in total. The molecule has 7 heteroatoms. The highest BCUT2D eigenvalue weighted by molar-refractivity contribution is 6.74. The summed E-state index contributed by atoms with van der Waals surface area (Å²) in [4.78, 5) is 14.3. The number of allylic oxidation sites excluding steroid dienone is 2. The van der Waals surface area contributed by atoms with Crippen LogP contribution in [0.4, 0.5) is 0 Å². The smallest absolute Gasteiger partial charge is 0.250 e. The summed E-state index contributed by atoms with van der Waals surface area (Å²) in [5.41, 5.74) is 2.47. The number of benzene rings is 2. The van der Waals surface area contributed by atoms with Gasteiger partial charge in [-0.1, -0.05) is 38.5 Å². The van der Waals surface area contributed by atoms with Gasteiger partial charge in [0.15, 0.2) is 23.0 Å². The van der Waals surface area contributed by atoms with E-state index in [1.165, 1.54) is 5.57 Å². The first kappa shape index (κ1) is 27.1. The van der Waals surface area contributed by atoms with Crippen LogP contribution in [0.25, 0.3) is 0 Å². The van der Waals surface area contributed by atoms with Gasteiger partial charge in [0.2, 0.25) is 5.75 Å². The minimum absolute atomic E-state index is 0.0479. The van der Waals surface area contributed by atoms with Crippen LogP contribution in [0.15, 0.2) is 42.0 Å². The summed E-state index contributed by atoms with van der Waals surface area (Å²) in [6.07, 6.45) is 4.58. The number of ether oxygens (including phenoxy) is 4. The number of hydrogen-bond acceptors (Lipinski definition) is 6. The third kappa shape index (κ3) is 4.63. The molecule has 4 rings (SSSR count). The fourth-order valence-corrected chi connectivity index (χ4v) is 6.46. The Labute approximate surface area is 222 Å². The highest BCUT2D eigenvalue weighted by atomic mass is 28.4. The van der Waals surface area contributed by atoms with Crippen molar-refractivity contribution in [3.05, 3.63) is 53.1 Å². The van der Waals surface area contributed by atoms with E-state index in [1.54, 1.807) is 40.6 Å². The Morgan fingerprint density at radius 2 is 1.51 bits per heavy atom. The molecule has 0 spiro atoms. The van der Waals surface area contributed by atoms with Crippen LogP contribution in [0.2, 0.25) is 18.1 Å². The summed E-state index contributed by atoms with van der Waals surface area (Å²) in [5.74, 6) is 3.08. The summed E-state index contributed by atoms with van der Waals surface area (Å²) in [6, 6.07) is 9.72. The van der Waals surface area contributed by atoms with Gasteiger partial charge in [0, 0.05) is 16.9 Å². The number of methoxy groups -OCH3 is 4. The number of carbonyl (C=O) groups excluding carboxylic acids is 1. The molecule has 0 amide bonds. The number of carbonyl (C=O) groups is 1. The molecular formula is C30H40O6Si. The first-order valence-corrected chi connectivity index (χ1v) is 15.7. The van der Waals surface area contributed by atoms with E-state index in [9.17, 15) is 4.79 Å². The predicted molar refractivity (Wildman–Crippen MR) is 148 cm³/mol. The largest absolute Gasteiger partial charge is 0.541 e. The first-order chi connectivity index (χ1) is 17.4. The number of fused-ring (bicyclic) bond motifs is 2. The van der Waals surface area contributed by atoms with Crippen molar-refractivity contribution in [3.63, 3.8) is 0 Å². The van der Waals surface area contributed by atoms with Gasteiger partial charge in [0.1, 0.15) is 5.75 Å². The fraction of sp³-hybridized carbons (Fsp3) is 0.500. The Bertz CT molecular complexity index is 1200. The zero-order valence-electron chi connectivity index (χ0n) is 23.6. The van der Waals surface area contributed by atoms with E-state index in [-0.39, 0.29) is 16.7 Å². The maximum absolute atomic E-state index is 14.3. The molecule has 2 bridgehead atoms. The minimum atomic E-state index is -2.09. The lowest BCUT2D eigenvalue weighted by Crippen LogP contribution is -2.44. The molecule has 2 aliphatic rings. The fourth-order valence-electron chi connectivity index (χ4n) is 5.44. The molecule has 2 aromatic rings. The summed E-state index contributed by atoms with van der Waals surface area (Å²) in [7, 11) is 4.28. The molecule has 0 aromatic heterocycles. The second kappa shape index (κ2) is 9.75. The van der Waals surface area contributed by atoms with Crippen molar-refractivity contribution in [3.8, 4) is 28.7 Å². The normalized spacial score (nSPS) is 20.9. The van der Waals surface area contributed by atoms with E-state index >= 15 is 0 Å². The first-order valence-electron chi connectivity index (χ1n) is 12.8. The predicted octanol–water partition coefficient (Wildman–Crippen LogP) is 7.18. The second-order valence-corrected chi connectivity index (χ2v) is 16.4. The van der Waals surface area contributed by atoms with Crippen LogP contribution in [0.3, 0.4) is 0 Å². The second-order valence-electron chi connectivity index (χ2n) is 11.7. The van der Waals surface area contributed by atoms with Gasteiger partial charge in [-0.15, -0.1) is 0 Å². The molecule has 0 heterocycles. The van der Waals surface area contributed by atoms with Crippen LogP contribution < -0.4 is 23.4 Å². The van der Waals surface area contributed by atoms with E-state index in [0.717, 1.165) is 29.9 Å². The van der Waals surface area contributed by atoms with Gasteiger partial charge >= 0.3 is 0 Å². The Balaban J connectivity index is 1.76. The molecule has 1 saturated carbocycles. The quantitative estimate of drug-likeness (QED) is 0.197. The summed E-state index contributed by atoms with van der Waals surface area (Å²) < 4.78 is 28.9. The third-order valence-electron chi connectivity index (χ3n) is 8.57. The van der Waals surface area contributed by atoms with Gasteiger partial charge in [-0.05, 0) is 67.2 Å². The molecule has 2 atom stereocenters. The zero-order chi connectivity index (χ0) is 27.2. The lowest BCUT2D eigenvalue weighted by Gasteiger charge is -2.37. The lowest BCUT2D eigenvalue weighted by molar-refractivity contribution is 0.0782. The van der Waals surface area contributed by atoms with Gasteiger partial charge < -0.3 is 23.4 Å². The Morgan fingerprint density at radius 3 is 2.03 bits per heavy atom. The highest BCUT2D eigenvalue weighted by Gasteiger charge is 2.54. The monoisotopic (exact) mass is 524 g/mol. The molecule has 0 radical (unpaired) electrons. The molecule has 0 saturated heterocycles. The number of ketones is 1. The van der Waals surface area contributed by atoms with Crippen LogP contribution >= 0.6 is 0 Å². The molecule has 1 fully saturated rings. The minimum Gasteiger partial charge on any atom is -0.541 e. The van der Waals surface area contributed by atoms with Crippen molar-refractivity contribution >= 4 is 14.1 Å². The summed E-state index contributed by atoms with van der Waals surface area (Å²) in [5, 5.41) is 0.0505. The van der Waals surface area contributed by atoms with Gasteiger partial charge in [-0.2, -0.15) is 0 Å². The molecule has 2 unspecified atom stereocenters. The molecular weight excluding hydrogens is 484 g/mol. The molecule has 2 aromatic carbocycles. The Hall–Kier alpha value is -2.93. The molecule has 200 valence electrons. The van der Waals surface area contributed by atoms with Crippen LogP contribution in [0.5, 0.6) is 28.7 Å². The van der Waals surface area contributed by atoms with E-state index in [4.69, 9.17) is 23.4 Å². The molecule has 37 heavy (non-hydrogen) atoms. The maximum atomic E-state index is 14.3. The maximum Gasteiger partial charge on any atom is 0.250 e. The van der Waals surface area contributed by atoms with Crippen LogP contribution in [-0.4, -0.2) is 42.5 Å². The molecule has 0 N–H and O–H groups in total. The van der Waals surface area contributed by atoms with Crippen molar-refractivity contribution in [2.75, 3.05) is 28.4 Å². The Morgan fingerprint density at radius 1 is 0.892 bits per heavy atom. The number of Topliss-reactive ketones (excluding diaryl/α,β-unsaturated/α-hetero) is 1. The average molecular weight is 525 g/mol. The molecule has 2 aliphatic carbocycles. The summed E-state index contributed by atoms with van der Waals surface area (Å²) >= 11 is 0. The molecule has 0 aliphatic heterocycles. The van der Waals surface area contributed by atoms with Gasteiger partial charge in [-0.3, -0.25) is 4.79 Å². The lowest BCUT2D eigenvalue weighted by atomic mass is 9.68. The SMILES string of the molecule is COc1ccc(C2CC3=CCC2(C(=O)c2cc(OC)c(OC)c(OC)c2)C3)cc1O[Si](C)(C)C(C)(C)C. The zero-order valence-corrected chi connectivity index (χ0v) is 24.6. The van der Waals surface area contributed by atoms with Crippen molar-refractivity contribution < 1.29 is 28.2 Å². The topological polar surface area (TPSA) is 63.2 Å². The van der Waals surface area contributed by atoms with Crippen LogP contribution in [0.1, 0.15) is 61.9 Å². The van der Waals surface area contributed by atoms with Crippen molar-refractivity contribution in [2.24, 2.45) is 5.41 Å². The summed E-state index contributed by atoms with van der Waals surface area (Å²) in [6.45, 7) is 11.1. The van der Waals surface area contributed by atoms with E-state index in [2.05, 4.69) is 52.1 Å².